The third-order valence-corrected chi connectivity index (χ3v) is 3.49. The molecule has 8 heteroatoms. The van der Waals surface area contributed by atoms with E-state index in [1.165, 1.54) is 12.1 Å². The van der Waals surface area contributed by atoms with E-state index in [0.717, 1.165) is 45.0 Å². The van der Waals surface area contributed by atoms with Crippen molar-refractivity contribution in [1.29, 1.82) is 0 Å². The molecule has 0 radical (unpaired) electrons. The molecule has 1 aromatic rings. The van der Waals surface area contributed by atoms with Gasteiger partial charge in [-0.2, -0.15) is 13.2 Å². The van der Waals surface area contributed by atoms with Crippen LogP contribution in [-0.4, -0.2) is 56.7 Å². The number of alkyl halides is 3. The van der Waals surface area contributed by atoms with Gasteiger partial charge in [0.05, 0.1) is 25.3 Å². The van der Waals surface area contributed by atoms with E-state index in [9.17, 15) is 18.0 Å². The highest BCUT2D eigenvalue weighted by molar-refractivity contribution is 5.92. The number of carbonyl (C=O) groups excluding carboxylic acids is 1. The van der Waals surface area contributed by atoms with Gasteiger partial charge < -0.3 is 15.4 Å². The lowest BCUT2D eigenvalue weighted by atomic mass is 10.2. The van der Waals surface area contributed by atoms with Gasteiger partial charge in [-0.05, 0) is 24.3 Å². The van der Waals surface area contributed by atoms with Crippen molar-refractivity contribution in [2.75, 3.05) is 51.3 Å². The largest absolute Gasteiger partial charge is 0.416 e. The number of hydrogen-bond donors (Lipinski definition) is 2. The van der Waals surface area contributed by atoms with Gasteiger partial charge in [0.1, 0.15) is 0 Å². The number of carbonyl (C=O) groups is 1. The summed E-state index contributed by atoms with van der Waals surface area (Å²) in [5, 5.41) is 5.57. The van der Waals surface area contributed by atoms with Gasteiger partial charge >= 0.3 is 6.18 Å². The molecule has 1 heterocycles. The van der Waals surface area contributed by atoms with Crippen molar-refractivity contribution in [3.63, 3.8) is 0 Å². The number of nitrogens with zero attached hydrogens (tertiary/aromatic N) is 1. The van der Waals surface area contributed by atoms with Crippen LogP contribution < -0.4 is 10.6 Å². The highest BCUT2D eigenvalue weighted by Gasteiger charge is 2.29. The van der Waals surface area contributed by atoms with E-state index in [1.807, 2.05) is 0 Å². The van der Waals surface area contributed by atoms with Gasteiger partial charge in [0.25, 0.3) is 0 Å². The number of morpholine rings is 1. The van der Waals surface area contributed by atoms with Crippen LogP contribution in [0.15, 0.2) is 24.3 Å². The minimum Gasteiger partial charge on any atom is -0.379 e. The van der Waals surface area contributed by atoms with Gasteiger partial charge in [-0.15, -0.1) is 0 Å². The lowest BCUT2D eigenvalue weighted by Crippen LogP contribution is -2.41. The molecule has 1 aliphatic heterocycles. The van der Waals surface area contributed by atoms with Gasteiger partial charge in [0.15, 0.2) is 0 Å². The monoisotopic (exact) mass is 331 g/mol. The zero-order chi connectivity index (χ0) is 16.7. The number of hydrogen-bond acceptors (Lipinski definition) is 4. The zero-order valence-corrected chi connectivity index (χ0v) is 12.7. The summed E-state index contributed by atoms with van der Waals surface area (Å²) >= 11 is 0. The van der Waals surface area contributed by atoms with Crippen molar-refractivity contribution in [3.05, 3.63) is 29.8 Å². The first-order valence-electron chi connectivity index (χ1n) is 7.43. The molecule has 1 saturated heterocycles. The maximum Gasteiger partial charge on any atom is 0.416 e. The Morgan fingerprint density at radius 2 is 1.83 bits per heavy atom. The molecule has 0 atom stereocenters. The smallest absolute Gasteiger partial charge is 0.379 e. The minimum atomic E-state index is -4.37. The minimum absolute atomic E-state index is 0.116. The van der Waals surface area contributed by atoms with Crippen LogP contribution in [0.5, 0.6) is 0 Å². The maximum absolute atomic E-state index is 12.4. The van der Waals surface area contributed by atoms with Crippen LogP contribution in [0.1, 0.15) is 5.56 Å². The highest BCUT2D eigenvalue weighted by atomic mass is 19.4. The molecule has 5 nitrogen and oxygen atoms in total. The Labute approximate surface area is 132 Å². The fourth-order valence-electron chi connectivity index (χ4n) is 2.21. The van der Waals surface area contributed by atoms with E-state index < -0.39 is 11.7 Å². The Hall–Kier alpha value is -1.64. The first-order chi connectivity index (χ1) is 10.9. The predicted molar refractivity (Wildman–Crippen MR) is 80.2 cm³/mol. The summed E-state index contributed by atoms with van der Waals surface area (Å²) in [6.07, 6.45) is -4.37. The molecular formula is C15H20F3N3O2. The second-order valence-electron chi connectivity index (χ2n) is 5.25. The number of nitrogens with one attached hydrogen (secondary N) is 2. The fraction of sp³-hybridized carbons (Fsp3) is 0.533. The molecule has 2 rings (SSSR count). The van der Waals surface area contributed by atoms with E-state index in [-0.39, 0.29) is 12.5 Å². The van der Waals surface area contributed by atoms with Gasteiger partial charge in [-0.3, -0.25) is 9.69 Å². The van der Waals surface area contributed by atoms with Crippen molar-refractivity contribution in [2.24, 2.45) is 0 Å². The summed E-state index contributed by atoms with van der Waals surface area (Å²) in [5.41, 5.74) is -0.392. The lowest BCUT2D eigenvalue weighted by Gasteiger charge is -2.26. The van der Waals surface area contributed by atoms with Gasteiger partial charge in [-0.1, -0.05) is 0 Å². The van der Waals surface area contributed by atoms with Crippen molar-refractivity contribution < 1.29 is 22.7 Å². The molecule has 0 aliphatic carbocycles. The number of benzene rings is 1. The quantitative estimate of drug-likeness (QED) is 0.777. The topological polar surface area (TPSA) is 53.6 Å². The molecule has 0 spiro atoms. The number of ether oxygens (including phenoxy) is 1. The van der Waals surface area contributed by atoms with E-state index in [0.29, 0.717) is 12.2 Å². The average Bonchev–Trinajstić information content (AvgIpc) is 2.52. The zero-order valence-electron chi connectivity index (χ0n) is 12.7. The van der Waals surface area contributed by atoms with Crippen LogP contribution >= 0.6 is 0 Å². The standard InChI is InChI=1S/C15H20F3N3O2/c16-15(17,18)12-1-3-13(4-2-12)20-14(22)11-19-5-6-21-7-9-23-10-8-21/h1-4,19H,5-11H2,(H,20,22). The van der Waals surface area contributed by atoms with Gasteiger partial charge in [0, 0.05) is 31.9 Å². The summed E-state index contributed by atoms with van der Waals surface area (Å²) in [5.74, 6) is -0.285. The average molecular weight is 331 g/mol. The van der Waals surface area contributed by atoms with Crippen LogP contribution in [0.3, 0.4) is 0 Å². The molecule has 1 amide bonds. The third kappa shape index (κ3) is 6.17. The Balaban J connectivity index is 1.66. The molecule has 128 valence electrons. The Morgan fingerprint density at radius 3 is 2.43 bits per heavy atom. The molecule has 0 saturated carbocycles. The lowest BCUT2D eigenvalue weighted by molar-refractivity contribution is -0.137. The molecule has 1 aliphatic rings. The van der Waals surface area contributed by atoms with Crippen LogP contribution in [-0.2, 0) is 15.7 Å². The first kappa shape index (κ1) is 17.7. The Morgan fingerprint density at radius 1 is 1.17 bits per heavy atom. The molecule has 0 bridgehead atoms. The van der Waals surface area contributed by atoms with Crippen molar-refractivity contribution in [3.8, 4) is 0 Å². The predicted octanol–water partition coefficient (Wildman–Crippen LogP) is 1.57. The number of amides is 1. The molecule has 0 aromatic heterocycles. The Bertz CT molecular complexity index is 500. The number of anilines is 1. The van der Waals surface area contributed by atoms with E-state index in [2.05, 4.69) is 15.5 Å². The summed E-state index contributed by atoms with van der Waals surface area (Å²) in [4.78, 5) is 14.0. The van der Waals surface area contributed by atoms with Gasteiger partial charge in [-0.25, -0.2) is 0 Å². The van der Waals surface area contributed by atoms with E-state index in [1.54, 1.807) is 0 Å². The van der Waals surface area contributed by atoms with Crippen molar-refractivity contribution in [2.45, 2.75) is 6.18 Å². The van der Waals surface area contributed by atoms with Crippen LogP contribution in [0.25, 0.3) is 0 Å². The molecular weight excluding hydrogens is 311 g/mol. The molecule has 23 heavy (non-hydrogen) atoms. The summed E-state index contributed by atoms with van der Waals surface area (Å²) in [7, 11) is 0. The van der Waals surface area contributed by atoms with E-state index >= 15 is 0 Å². The molecule has 2 N–H and O–H groups in total. The SMILES string of the molecule is O=C(CNCCN1CCOCC1)Nc1ccc(C(F)(F)F)cc1. The first-order valence-corrected chi connectivity index (χ1v) is 7.43. The van der Waals surface area contributed by atoms with Crippen LogP contribution in [0.2, 0.25) is 0 Å². The van der Waals surface area contributed by atoms with Crippen LogP contribution in [0, 0.1) is 0 Å². The molecule has 1 aromatic carbocycles. The van der Waals surface area contributed by atoms with Crippen molar-refractivity contribution in [1.82, 2.24) is 10.2 Å². The highest BCUT2D eigenvalue weighted by Crippen LogP contribution is 2.29. The molecule has 1 fully saturated rings. The second-order valence-corrected chi connectivity index (χ2v) is 5.25. The maximum atomic E-state index is 12.4. The number of rotatable bonds is 6. The number of halogens is 3. The van der Waals surface area contributed by atoms with Crippen LogP contribution in [0.4, 0.5) is 18.9 Å². The van der Waals surface area contributed by atoms with Crippen molar-refractivity contribution >= 4 is 11.6 Å². The van der Waals surface area contributed by atoms with Gasteiger partial charge in [0.2, 0.25) is 5.91 Å². The summed E-state index contributed by atoms with van der Waals surface area (Å²) < 4.78 is 42.5. The fourth-order valence-corrected chi connectivity index (χ4v) is 2.21. The Kier molecular flexibility index (Phi) is 6.37. The summed E-state index contributed by atoms with van der Waals surface area (Å²) in [6, 6.07) is 4.38. The third-order valence-electron chi connectivity index (χ3n) is 3.49. The van der Waals surface area contributed by atoms with E-state index in [4.69, 9.17) is 4.74 Å². The second kappa shape index (κ2) is 8.28. The summed E-state index contributed by atoms with van der Waals surface area (Å²) in [6.45, 7) is 4.85. The normalized spacial score (nSPS) is 16.3. The molecule has 0 unspecified atom stereocenters.